The summed E-state index contributed by atoms with van der Waals surface area (Å²) >= 11 is 1.40. The van der Waals surface area contributed by atoms with Crippen molar-refractivity contribution >= 4 is 22.4 Å². The fourth-order valence-corrected chi connectivity index (χ4v) is 3.65. The molecule has 28 heavy (non-hydrogen) atoms. The van der Waals surface area contributed by atoms with Crippen LogP contribution in [0.5, 0.6) is 11.5 Å². The van der Waals surface area contributed by atoms with Gasteiger partial charge in [-0.1, -0.05) is 6.07 Å². The highest BCUT2D eigenvalue weighted by Crippen LogP contribution is 2.31. The SMILES string of the molecule is COc1ccc(CCC(=O)Nc2nc(-c3ccc(F)cc3)c(C)s2)cc1OC. The van der Waals surface area contributed by atoms with Crippen LogP contribution in [0.25, 0.3) is 11.3 Å². The molecule has 1 amide bonds. The molecule has 0 atom stereocenters. The monoisotopic (exact) mass is 400 g/mol. The minimum atomic E-state index is -0.291. The van der Waals surface area contributed by atoms with Crippen molar-refractivity contribution < 1.29 is 18.7 Å². The number of carbonyl (C=O) groups is 1. The van der Waals surface area contributed by atoms with Gasteiger partial charge < -0.3 is 14.8 Å². The maximum Gasteiger partial charge on any atom is 0.226 e. The molecule has 2 aromatic carbocycles. The van der Waals surface area contributed by atoms with Gasteiger partial charge in [-0.15, -0.1) is 11.3 Å². The topological polar surface area (TPSA) is 60.5 Å². The van der Waals surface area contributed by atoms with Crippen LogP contribution in [0.3, 0.4) is 0 Å². The number of aryl methyl sites for hydroxylation is 2. The van der Waals surface area contributed by atoms with Crippen molar-refractivity contribution in [3.8, 4) is 22.8 Å². The zero-order valence-corrected chi connectivity index (χ0v) is 16.7. The second-order valence-electron chi connectivity index (χ2n) is 6.17. The molecule has 3 rings (SSSR count). The summed E-state index contributed by atoms with van der Waals surface area (Å²) in [5.74, 6) is 0.886. The number of benzene rings is 2. The second-order valence-corrected chi connectivity index (χ2v) is 7.37. The van der Waals surface area contributed by atoms with Crippen LogP contribution in [0.15, 0.2) is 42.5 Å². The van der Waals surface area contributed by atoms with Crippen molar-refractivity contribution in [3.05, 3.63) is 58.7 Å². The number of nitrogens with one attached hydrogen (secondary N) is 1. The van der Waals surface area contributed by atoms with E-state index in [0.717, 1.165) is 21.7 Å². The maximum atomic E-state index is 13.1. The number of nitrogens with zero attached hydrogens (tertiary/aromatic N) is 1. The zero-order chi connectivity index (χ0) is 20.1. The molecule has 0 aliphatic rings. The normalized spacial score (nSPS) is 10.6. The molecule has 5 nitrogen and oxygen atoms in total. The summed E-state index contributed by atoms with van der Waals surface area (Å²) in [6.45, 7) is 1.93. The maximum absolute atomic E-state index is 13.1. The number of anilines is 1. The van der Waals surface area contributed by atoms with E-state index in [2.05, 4.69) is 10.3 Å². The molecule has 1 N–H and O–H groups in total. The molecule has 146 valence electrons. The fraction of sp³-hybridized carbons (Fsp3) is 0.238. The molecule has 3 aromatic rings. The Morgan fingerprint density at radius 3 is 2.50 bits per heavy atom. The average Bonchev–Trinajstić information content (AvgIpc) is 3.06. The summed E-state index contributed by atoms with van der Waals surface area (Å²) < 4.78 is 23.6. The smallest absolute Gasteiger partial charge is 0.226 e. The molecular weight excluding hydrogens is 379 g/mol. The van der Waals surface area contributed by atoms with Gasteiger partial charge in [0.25, 0.3) is 0 Å². The van der Waals surface area contributed by atoms with Gasteiger partial charge in [0.2, 0.25) is 5.91 Å². The molecule has 1 aromatic heterocycles. The molecule has 0 bridgehead atoms. The first-order chi connectivity index (χ1) is 13.5. The molecule has 0 saturated carbocycles. The zero-order valence-electron chi connectivity index (χ0n) is 15.9. The minimum Gasteiger partial charge on any atom is -0.493 e. The van der Waals surface area contributed by atoms with Crippen molar-refractivity contribution in [2.75, 3.05) is 19.5 Å². The summed E-state index contributed by atoms with van der Waals surface area (Å²) in [5, 5.41) is 3.38. The Morgan fingerprint density at radius 1 is 1.11 bits per heavy atom. The number of thiazole rings is 1. The van der Waals surface area contributed by atoms with Gasteiger partial charge in [-0.3, -0.25) is 4.79 Å². The van der Waals surface area contributed by atoms with E-state index in [0.29, 0.717) is 29.5 Å². The molecular formula is C21H21FN2O3S. The van der Waals surface area contributed by atoms with Crippen molar-refractivity contribution in [3.63, 3.8) is 0 Å². The number of ether oxygens (including phenoxy) is 2. The molecule has 0 unspecified atom stereocenters. The van der Waals surface area contributed by atoms with Crippen molar-refractivity contribution in [2.24, 2.45) is 0 Å². The highest BCUT2D eigenvalue weighted by atomic mass is 32.1. The van der Waals surface area contributed by atoms with Crippen molar-refractivity contribution in [1.82, 2.24) is 4.98 Å². The average molecular weight is 400 g/mol. The van der Waals surface area contributed by atoms with Crippen LogP contribution >= 0.6 is 11.3 Å². The molecule has 0 aliphatic carbocycles. The summed E-state index contributed by atoms with van der Waals surface area (Å²) in [5.41, 5.74) is 2.55. The molecule has 0 aliphatic heterocycles. The lowest BCUT2D eigenvalue weighted by Crippen LogP contribution is -2.12. The van der Waals surface area contributed by atoms with Crippen LogP contribution < -0.4 is 14.8 Å². The first kappa shape index (κ1) is 19.8. The number of rotatable bonds is 7. The molecule has 0 saturated heterocycles. The Balaban J connectivity index is 1.62. The number of halogens is 1. The van der Waals surface area contributed by atoms with Gasteiger partial charge in [0, 0.05) is 16.9 Å². The third-order valence-corrected chi connectivity index (χ3v) is 5.14. The van der Waals surface area contributed by atoms with E-state index in [1.165, 1.54) is 23.5 Å². The summed E-state index contributed by atoms with van der Waals surface area (Å²) in [7, 11) is 3.17. The summed E-state index contributed by atoms with van der Waals surface area (Å²) in [4.78, 5) is 17.8. The van der Waals surface area contributed by atoms with Crippen molar-refractivity contribution in [2.45, 2.75) is 19.8 Å². The van der Waals surface area contributed by atoms with E-state index in [1.807, 2.05) is 25.1 Å². The predicted molar refractivity (Wildman–Crippen MR) is 109 cm³/mol. The minimum absolute atomic E-state index is 0.116. The van der Waals surface area contributed by atoms with Crippen LogP contribution in [0.1, 0.15) is 16.9 Å². The Labute approximate surface area is 167 Å². The lowest BCUT2D eigenvalue weighted by molar-refractivity contribution is -0.116. The van der Waals surface area contributed by atoms with E-state index in [4.69, 9.17) is 9.47 Å². The van der Waals surface area contributed by atoms with Crippen LogP contribution in [0.2, 0.25) is 0 Å². The van der Waals surface area contributed by atoms with Gasteiger partial charge in [-0.05, 0) is 55.3 Å². The van der Waals surface area contributed by atoms with E-state index in [1.54, 1.807) is 26.4 Å². The van der Waals surface area contributed by atoms with E-state index >= 15 is 0 Å². The number of amides is 1. The highest BCUT2D eigenvalue weighted by molar-refractivity contribution is 7.16. The lowest BCUT2D eigenvalue weighted by Gasteiger charge is -2.09. The summed E-state index contributed by atoms with van der Waals surface area (Å²) in [6.07, 6.45) is 0.890. The third-order valence-electron chi connectivity index (χ3n) is 4.25. The third kappa shape index (κ3) is 4.67. The molecule has 7 heteroatoms. The standard InChI is InChI=1S/C21H21FN2O3S/c1-13-20(15-6-8-16(22)9-7-15)24-21(28-13)23-19(25)11-5-14-4-10-17(26-2)18(12-14)27-3/h4,6-10,12H,5,11H2,1-3H3,(H,23,24,25). The second kappa shape index (κ2) is 8.84. The molecule has 0 spiro atoms. The fourth-order valence-electron chi connectivity index (χ4n) is 2.80. The number of methoxy groups -OCH3 is 2. The number of carbonyl (C=O) groups excluding carboxylic acids is 1. The van der Waals surface area contributed by atoms with Crippen LogP contribution in [0, 0.1) is 12.7 Å². The van der Waals surface area contributed by atoms with Crippen LogP contribution in [-0.2, 0) is 11.2 Å². The first-order valence-electron chi connectivity index (χ1n) is 8.74. The summed E-state index contributed by atoms with van der Waals surface area (Å²) in [6, 6.07) is 11.8. The molecule has 1 heterocycles. The Bertz CT molecular complexity index is 970. The van der Waals surface area contributed by atoms with Crippen LogP contribution in [-0.4, -0.2) is 25.1 Å². The quantitative estimate of drug-likeness (QED) is 0.616. The van der Waals surface area contributed by atoms with Gasteiger partial charge in [-0.2, -0.15) is 0 Å². The van der Waals surface area contributed by atoms with Gasteiger partial charge in [0.05, 0.1) is 19.9 Å². The van der Waals surface area contributed by atoms with Gasteiger partial charge in [0.1, 0.15) is 5.82 Å². The molecule has 0 fully saturated rings. The number of aromatic nitrogens is 1. The Morgan fingerprint density at radius 2 is 1.82 bits per heavy atom. The lowest BCUT2D eigenvalue weighted by atomic mass is 10.1. The van der Waals surface area contributed by atoms with Gasteiger partial charge >= 0.3 is 0 Å². The van der Waals surface area contributed by atoms with E-state index in [-0.39, 0.29) is 11.7 Å². The van der Waals surface area contributed by atoms with E-state index < -0.39 is 0 Å². The Kier molecular flexibility index (Phi) is 6.26. The number of hydrogen-bond donors (Lipinski definition) is 1. The Hall–Kier alpha value is -2.93. The van der Waals surface area contributed by atoms with Crippen molar-refractivity contribution in [1.29, 1.82) is 0 Å². The molecule has 0 radical (unpaired) electrons. The highest BCUT2D eigenvalue weighted by Gasteiger charge is 2.13. The first-order valence-corrected chi connectivity index (χ1v) is 9.56. The van der Waals surface area contributed by atoms with E-state index in [9.17, 15) is 9.18 Å². The largest absolute Gasteiger partial charge is 0.493 e. The van der Waals surface area contributed by atoms with Gasteiger partial charge in [0.15, 0.2) is 16.6 Å². The predicted octanol–water partition coefficient (Wildman–Crippen LogP) is 4.85. The van der Waals surface area contributed by atoms with Crippen LogP contribution in [0.4, 0.5) is 9.52 Å². The number of hydrogen-bond acceptors (Lipinski definition) is 5. The van der Waals surface area contributed by atoms with Gasteiger partial charge in [-0.25, -0.2) is 9.37 Å².